The van der Waals surface area contributed by atoms with E-state index in [9.17, 15) is 4.79 Å². The van der Waals surface area contributed by atoms with Crippen LogP contribution in [0, 0.1) is 0 Å². The van der Waals surface area contributed by atoms with E-state index in [1.807, 2.05) is 74.6 Å². The SMILES string of the molecule is CCOc1cccc2sc(N(CCCN(C)C)C(=O)c3cccc(SC)c3)nc12. The Kier molecular flexibility index (Phi) is 7.52. The molecule has 0 fully saturated rings. The van der Waals surface area contributed by atoms with Crippen molar-refractivity contribution in [1.82, 2.24) is 9.88 Å². The van der Waals surface area contributed by atoms with Gasteiger partial charge in [0.15, 0.2) is 5.13 Å². The number of rotatable bonds is 9. The van der Waals surface area contributed by atoms with Crippen LogP contribution in [-0.4, -0.2) is 55.8 Å². The normalized spacial score (nSPS) is 11.2. The third kappa shape index (κ3) is 5.29. The van der Waals surface area contributed by atoms with Crippen LogP contribution in [-0.2, 0) is 0 Å². The minimum atomic E-state index is -0.0170. The smallest absolute Gasteiger partial charge is 0.260 e. The van der Waals surface area contributed by atoms with E-state index in [0.29, 0.717) is 23.8 Å². The van der Waals surface area contributed by atoms with Crippen LogP contribution in [0.4, 0.5) is 5.13 Å². The zero-order chi connectivity index (χ0) is 20.8. The van der Waals surface area contributed by atoms with Crippen molar-refractivity contribution >= 4 is 44.4 Å². The fourth-order valence-electron chi connectivity index (χ4n) is 3.04. The van der Waals surface area contributed by atoms with Gasteiger partial charge in [0.05, 0.1) is 11.3 Å². The number of thioether (sulfide) groups is 1. The highest BCUT2D eigenvalue weighted by molar-refractivity contribution is 7.98. The predicted octanol–water partition coefficient (Wildman–Crippen LogP) is 5.02. The lowest BCUT2D eigenvalue weighted by molar-refractivity contribution is 0.0986. The number of para-hydroxylation sites is 1. The number of fused-ring (bicyclic) bond motifs is 1. The molecular weight excluding hydrogens is 402 g/mol. The third-order valence-corrected chi connectivity index (χ3v) is 6.22. The molecule has 1 amide bonds. The summed E-state index contributed by atoms with van der Waals surface area (Å²) in [6, 6.07) is 13.7. The van der Waals surface area contributed by atoms with E-state index in [4.69, 9.17) is 9.72 Å². The number of amides is 1. The van der Waals surface area contributed by atoms with Crippen LogP contribution in [0.3, 0.4) is 0 Å². The van der Waals surface area contributed by atoms with Gasteiger partial charge in [-0.25, -0.2) is 4.98 Å². The average Bonchev–Trinajstić information content (AvgIpc) is 3.16. The number of aromatic nitrogens is 1. The monoisotopic (exact) mass is 429 g/mol. The lowest BCUT2D eigenvalue weighted by atomic mass is 10.2. The summed E-state index contributed by atoms with van der Waals surface area (Å²) < 4.78 is 6.75. The summed E-state index contributed by atoms with van der Waals surface area (Å²) in [6.45, 7) is 4.06. The molecule has 0 unspecified atom stereocenters. The predicted molar refractivity (Wildman–Crippen MR) is 124 cm³/mol. The Labute approximate surface area is 180 Å². The summed E-state index contributed by atoms with van der Waals surface area (Å²) in [5.41, 5.74) is 1.50. The first-order valence-corrected chi connectivity index (χ1v) is 11.7. The lowest BCUT2D eigenvalue weighted by Gasteiger charge is -2.21. The van der Waals surface area contributed by atoms with Crippen LogP contribution in [0.25, 0.3) is 10.2 Å². The molecule has 0 aliphatic heterocycles. The first-order valence-electron chi connectivity index (χ1n) is 9.66. The number of carbonyl (C=O) groups excluding carboxylic acids is 1. The molecule has 5 nitrogen and oxygen atoms in total. The topological polar surface area (TPSA) is 45.7 Å². The second-order valence-corrected chi connectivity index (χ2v) is 8.77. The molecule has 29 heavy (non-hydrogen) atoms. The van der Waals surface area contributed by atoms with E-state index in [-0.39, 0.29) is 5.91 Å². The Morgan fingerprint density at radius 1 is 1.17 bits per heavy atom. The van der Waals surface area contributed by atoms with Crippen LogP contribution < -0.4 is 9.64 Å². The van der Waals surface area contributed by atoms with Gasteiger partial charge in [0.2, 0.25) is 0 Å². The molecule has 0 radical (unpaired) electrons. The third-order valence-electron chi connectivity index (χ3n) is 4.45. The number of nitrogens with zero attached hydrogens (tertiary/aromatic N) is 3. The average molecular weight is 430 g/mol. The highest BCUT2D eigenvalue weighted by Gasteiger charge is 2.22. The number of carbonyl (C=O) groups is 1. The molecule has 2 aromatic carbocycles. The number of benzene rings is 2. The zero-order valence-electron chi connectivity index (χ0n) is 17.3. The molecule has 0 N–H and O–H groups in total. The molecular formula is C22H27N3O2S2. The van der Waals surface area contributed by atoms with Crippen molar-refractivity contribution in [2.45, 2.75) is 18.2 Å². The minimum Gasteiger partial charge on any atom is -0.492 e. The van der Waals surface area contributed by atoms with Gasteiger partial charge in [0, 0.05) is 17.0 Å². The van der Waals surface area contributed by atoms with Gasteiger partial charge >= 0.3 is 0 Å². The molecule has 3 aromatic rings. The number of thiazole rings is 1. The highest BCUT2D eigenvalue weighted by atomic mass is 32.2. The molecule has 0 aliphatic carbocycles. The Hall–Kier alpha value is -2.09. The largest absolute Gasteiger partial charge is 0.492 e. The van der Waals surface area contributed by atoms with Crippen LogP contribution in [0.15, 0.2) is 47.4 Å². The first-order chi connectivity index (χ1) is 14.0. The fraction of sp³-hybridized carbons (Fsp3) is 0.364. The molecule has 0 aliphatic rings. The molecule has 7 heteroatoms. The molecule has 0 saturated carbocycles. The summed E-state index contributed by atoms with van der Waals surface area (Å²) >= 11 is 3.17. The molecule has 1 heterocycles. The van der Waals surface area contributed by atoms with Crippen LogP contribution in [0.1, 0.15) is 23.7 Å². The van der Waals surface area contributed by atoms with Gasteiger partial charge in [-0.3, -0.25) is 9.69 Å². The van der Waals surface area contributed by atoms with Gasteiger partial charge in [-0.15, -0.1) is 11.8 Å². The molecule has 0 spiro atoms. The quantitative estimate of drug-likeness (QED) is 0.447. The van der Waals surface area contributed by atoms with E-state index in [1.54, 1.807) is 11.8 Å². The van der Waals surface area contributed by atoms with Crippen molar-refractivity contribution in [3.05, 3.63) is 48.0 Å². The summed E-state index contributed by atoms with van der Waals surface area (Å²) in [5, 5.41) is 0.713. The Balaban J connectivity index is 1.97. The van der Waals surface area contributed by atoms with Gasteiger partial charge in [-0.2, -0.15) is 0 Å². The maximum absolute atomic E-state index is 13.4. The first kappa shape index (κ1) is 21.6. The molecule has 154 valence electrons. The van der Waals surface area contributed by atoms with Gasteiger partial charge in [0.25, 0.3) is 5.91 Å². The number of ether oxygens (including phenoxy) is 1. The van der Waals surface area contributed by atoms with Crippen molar-refractivity contribution in [3.63, 3.8) is 0 Å². The van der Waals surface area contributed by atoms with Crippen LogP contribution in [0.2, 0.25) is 0 Å². The van der Waals surface area contributed by atoms with E-state index in [1.165, 1.54) is 11.3 Å². The Bertz CT molecular complexity index is 972. The summed E-state index contributed by atoms with van der Waals surface area (Å²) in [7, 11) is 4.08. The maximum Gasteiger partial charge on any atom is 0.260 e. The standard InChI is InChI=1S/C22H27N3O2S2/c1-5-27-18-11-7-12-19-20(18)23-22(29-19)25(14-8-13-24(2)3)21(26)16-9-6-10-17(15-16)28-4/h6-7,9-12,15H,5,8,13-14H2,1-4H3. The van der Waals surface area contributed by atoms with Crippen molar-refractivity contribution in [1.29, 1.82) is 0 Å². The molecule has 1 aromatic heterocycles. The number of hydrogen-bond acceptors (Lipinski definition) is 6. The molecule has 0 saturated heterocycles. The Morgan fingerprint density at radius 2 is 1.97 bits per heavy atom. The van der Waals surface area contributed by atoms with E-state index in [2.05, 4.69) is 4.90 Å². The van der Waals surface area contributed by atoms with Gasteiger partial charge in [-0.1, -0.05) is 23.5 Å². The molecule has 0 atom stereocenters. The summed E-state index contributed by atoms with van der Waals surface area (Å²) in [5.74, 6) is 0.745. The van der Waals surface area contributed by atoms with Gasteiger partial charge in [-0.05, 0) is 70.6 Å². The fourth-order valence-corrected chi connectivity index (χ4v) is 4.51. The molecule has 3 rings (SSSR count). The number of hydrogen-bond donors (Lipinski definition) is 0. The molecule has 0 bridgehead atoms. The summed E-state index contributed by atoms with van der Waals surface area (Å²) in [6.07, 6.45) is 2.89. The second-order valence-electron chi connectivity index (χ2n) is 6.88. The van der Waals surface area contributed by atoms with E-state index < -0.39 is 0 Å². The van der Waals surface area contributed by atoms with Crippen LogP contribution >= 0.6 is 23.1 Å². The second kappa shape index (κ2) is 10.1. The summed E-state index contributed by atoms with van der Waals surface area (Å²) in [4.78, 5) is 23.2. The van der Waals surface area contributed by atoms with Crippen molar-refractivity contribution < 1.29 is 9.53 Å². The minimum absolute atomic E-state index is 0.0170. The van der Waals surface area contributed by atoms with Crippen molar-refractivity contribution in [2.24, 2.45) is 0 Å². The highest BCUT2D eigenvalue weighted by Crippen LogP contribution is 2.35. The van der Waals surface area contributed by atoms with Crippen molar-refractivity contribution in [3.8, 4) is 5.75 Å². The van der Waals surface area contributed by atoms with Gasteiger partial charge in [0.1, 0.15) is 11.3 Å². The van der Waals surface area contributed by atoms with Gasteiger partial charge < -0.3 is 9.64 Å². The lowest BCUT2D eigenvalue weighted by Crippen LogP contribution is -2.33. The maximum atomic E-state index is 13.4. The van der Waals surface area contributed by atoms with E-state index >= 15 is 0 Å². The van der Waals surface area contributed by atoms with Crippen LogP contribution in [0.5, 0.6) is 5.75 Å². The van der Waals surface area contributed by atoms with Crippen molar-refractivity contribution in [2.75, 3.05) is 44.9 Å². The Morgan fingerprint density at radius 3 is 2.69 bits per heavy atom. The number of anilines is 1. The van der Waals surface area contributed by atoms with E-state index in [0.717, 1.165) is 33.8 Å². The zero-order valence-corrected chi connectivity index (χ0v) is 19.0.